The first-order valence-electron chi connectivity index (χ1n) is 7.75. The molecule has 0 saturated carbocycles. The molecule has 2 aliphatic rings. The first-order valence-corrected chi connectivity index (χ1v) is 8.54. The molecule has 2 aliphatic heterocycles. The summed E-state index contributed by atoms with van der Waals surface area (Å²) in [6.45, 7) is 3.20. The molecule has 3 rings (SSSR count). The van der Waals surface area contributed by atoms with E-state index in [1.165, 1.54) is 5.56 Å². The van der Waals surface area contributed by atoms with Gasteiger partial charge in [-0.2, -0.15) is 0 Å². The summed E-state index contributed by atoms with van der Waals surface area (Å²) in [7, 11) is 1.89. The van der Waals surface area contributed by atoms with Crippen molar-refractivity contribution in [2.75, 3.05) is 33.5 Å². The fraction of sp³-hybridized carbons (Fsp3) is 0.562. The van der Waals surface area contributed by atoms with Crippen LogP contribution in [0.5, 0.6) is 11.5 Å². The summed E-state index contributed by atoms with van der Waals surface area (Å²) < 4.78 is 11.8. The Morgan fingerprint density at radius 3 is 2.83 bits per heavy atom. The quantitative estimate of drug-likeness (QED) is 0.838. The van der Waals surface area contributed by atoms with E-state index in [0.29, 0.717) is 6.04 Å². The lowest BCUT2D eigenvalue weighted by Crippen LogP contribution is -2.44. The Hall–Kier alpha value is -1.31. The molecule has 6 nitrogen and oxygen atoms in total. The molecule has 126 valence electrons. The van der Waals surface area contributed by atoms with E-state index in [0.717, 1.165) is 48.4 Å². The summed E-state index contributed by atoms with van der Waals surface area (Å²) in [6, 6.07) is 4.47. The standard InChI is InChI=1S/C16H21BrN2O4/c1-18(9-15(20)21)12-2-4-19(5-3-12)8-11-6-13(17)16-14(7-11)22-10-23-16/h6-7,12H,2-5,8-10H2,1H3,(H,20,21). The van der Waals surface area contributed by atoms with Gasteiger partial charge in [-0.05, 0) is 66.6 Å². The van der Waals surface area contributed by atoms with E-state index in [9.17, 15) is 4.79 Å². The van der Waals surface area contributed by atoms with E-state index in [1.54, 1.807) is 0 Å². The Labute approximate surface area is 144 Å². The molecule has 0 amide bonds. The number of hydrogen-bond acceptors (Lipinski definition) is 5. The Kier molecular flexibility index (Phi) is 5.08. The van der Waals surface area contributed by atoms with Crippen LogP contribution in [-0.2, 0) is 11.3 Å². The van der Waals surface area contributed by atoms with Gasteiger partial charge in [-0.1, -0.05) is 0 Å². The Bertz CT molecular complexity index is 588. The number of aliphatic carboxylic acids is 1. The van der Waals surface area contributed by atoms with E-state index in [2.05, 4.69) is 26.9 Å². The van der Waals surface area contributed by atoms with Crippen molar-refractivity contribution in [3.8, 4) is 11.5 Å². The molecule has 1 saturated heterocycles. The van der Waals surface area contributed by atoms with Gasteiger partial charge < -0.3 is 14.6 Å². The van der Waals surface area contributed by atoms with Crippen molar-refractivity contribution in [1.82, 2.24) is 9.80 Å². The van der Waals surface area contributed by atoms with Gasteiger partial charge in [0, 0.05) is 12.6 Å². The van der Waals surface area contributed by atoms with Crippen LogP contribution < -0.4 is 9.47 Å². The Morgan fingerprint density at radius 2 is 2.13 bits per heavy atom. The predicted molar refractivity (Wildman–Crippen MR) is 88.8 cm³/mol. The molecule has 0 aromatic heterocycles. The number of nitrogens with zero attached hydrogens (tertiary/aromatic N) is 2. The fourth-order valence-electron chi connectivity index (χ4n) is 3.23. The summed E-state index contributed by atoms with van der Waals surface area (Å²) in [5.41, 5.74) is 1.19. The second-order valence-electron chi connectivity index (χ2n) is 6.13. The molecule has 2 heterocycles. The Morgan fingerprint density at radius 1 is 1.39 bits per heavy atom. The molecular weight excluding hydrogens is 364 g/mol. The number of likely N-dealkylation sites (N-methyl/N-ethyl adjacent to an activating group) is 1. The topological polar surface area (TPSA) is 62.2 Å². The van der Waals surface area contributed by atoms with E-state index in [-0.39, 0.29) is 13.3 Å². The average Bonchev–Trinajstić information content (AvgIpc) is 2.96. The van der Waals surface area contributed by atoms with Crippen molar-refractivity contribution in [2.24, 2.45) is 0 Å². The normalized spacial score (nSPS) is 18.6. The molecule has 0 radical (unpaired) electrons. The van der Waals surface area contributed by atoms with Crippen molar-refractivity contribution >= 4 is 21.9 Å². The maximum atomic E-state index is 10.8. The molecule has 0 atom stereocenters. The highest BCUT2D eigenvalue weighted by molar-refractivity contribution is 9.10. The van der Waals surface area contributed by atoms with Gasteiger partial charge in [0.25, 0.3) is 0 Å². The number of ether oxygens (including phenoxy) is 2. The highest BCUT2D eigenvalue weighted by atomic mass is 79.9. The maximum absolute atomic E-state index is 10.8. The molecular formula is C16H21BrN2O4. The first kappa shape index (κ1) is 16.5. The lowest BCUT2D eigenvalue weighted by molar-refractivity contribution is -0.138. The van der Waals surface area contributed by atoms with Gasteiger partial charge in [0.1, 0.15) is 0 Å². The van der Waals surface area contributed by atoms with Gasteiger partial charge in [-0.3, -0.25) is 14.6 Å². The second kappa shape index (κ2) is 7.07. The van der Waals surface area contributed by atoms with Crippen LogP contribution in [0.25, 0.3) is 0 Å². The van der Waals surface area contributed by atoms with Gasteiger partial charge in [0.2, 0.25) is 6.79 Å². The molecule has 1 N–H and O–H groups in total. The number of benzene rings is 1. The first-order chi connectivity index (χ1) is 11.0. The molecule has 0 aliphatic carbocycles. The molecule has 0 spiro atoms. The highest BCUT2D eigenvalue weighted by Crippen LogP contribution is 2.40. The summed E-state index contributed by atoms with van der Waals surface area (Å²) in [6.07, 6.45) is 1.99. The number of carboxylic acids is 1. The maximum Gasteiger partial charge on any atom is 0.317 e. The molecule has 23 heavy (non-hydrogen) atoms. The number of carboxylic acid groups (broad SMARTS) is 1. The third-order valence-electron chi connectivity index (χ3n) is 4.46. The fourth-order valence-corrected chi connectivity index (χ4v) is 3.83. The smallest absolute Gasteiger partial charge is 0.317 e. The van der Waals surface area contributed by atoms with E-state index in [1.807, 2.05) is 18.0 Å². The van der Waals surface area contributed by atoms with E-state index >= 15 is 0 Å². The van der Waals surface area contributed by atoms with Crippen molar-refractivity contribution in [3.63, 3.8) is 0 Å². The van der Waals surface area contributed by atoms with Gasteiger partial charge in [-0.15, -0.1) is 0 Å². The minimum atomic E-state index is -0.764. The number of halogens is 1. The molecule has 1 fully saturated rings. The number of hydrogen-bond donors (Lipinski definition) is 1. The third-order valence-corrected chi connectivity index (χ3v) is 5.05. The van der Waals surface area contributed by atoms with Crippen LogP contribution in [0.4, 0.5) is 0 Å². The monoisotopic (exact) mass is 384 g/mol. The third kappa shape index (κ3) is 3.97. The number of piperidine rings is 1. The van der Waals surface area contributed by atoms with Gasteiger partial charge in [-0.25, -0.2) is 0 Å². The number of carbonyl (C=O) groups is 1. The Balaban J connectivity index is 1.55. The minimum Gasteiger partial charge on any atom is -0.480 e. The lowest BCUT2D eigenvalue weighted by Gasteiger charge is -2.36. The van der Waals surface area contributed by atoms with Gasteiger partial charge in [0.15, 0.2) is 11.5 Å². The number of rotatable bonds is 5. The molecule has 1 aromatic carbocycles. The van der Waals surface area contributed by atoms with Crippen molar-refractivity contribution in [3.05, 3.63) is 22.2 Å². The van der Waals surface area contributed by atoms with Crippen molar-refractivity contribution in [1.29, 1.82) is 0 Å². The number of fused-ring (bicyclic) bond motifs is 1. The molecule has 0 bridgehead atoms. The predicted octanol–water partition coefficient (Wildman–Crippen LogP) is 2.16. The van der Waals surface area contributed by atoms with E-state index in [4.69, 9.17) is 14.6 Å². The van der Waals surface area contributed by atoms with Crippen LogP contribution in [-0.4, -0.2) is 60.4 Å². The van der Waals surface area contributed by atoms with Crippen molar-refractivity contribution < 1.29 is 19.4 Å². The van der Waals surface area contributed by atoms with Crippen LogP contribution in [0, 0.1) is 0 Å². The zero-order valence-electron chi connectivity index (χ0n) is 13.1. The minimum absolute atomic E-state index is 0.111. The van der Waals surface area contributed by atoms with Crippen LogP contribution in [0.1, 0.15) is 18.4 Å². The summed E-state index contributed by atoms with van der Waals surface area (Å²) in [4.78, 5) is 15.1. The van der Waals surface area contributed by atoms with Crippen LogP contribution in [0.2, 0.25) is 0 Å². The second-order valence-corrected chi connectivity index (χ2v) is 6.98. The van der Waals surface area contributed by atoms with E-state index < -0.39 is 5.97 Å². The average molecular weight is 385 g/mol. The van der Waals surface area contributed by atoms with Crippen LogP contribution in [0.15, 0.2) is 16.6 Å². The van der Waals surface area contributed by atoms with Crippen molar-refractivity contribution in [2.45, 2.75) is 25.4 Å². The largest absolute Gasteiger partial charge is 0.480 e. The highest BCUT2D eigenvalue weighted by Gasteiger charge is 2.24. The van der Waals surface area contributed by atoms with Gasteiger partial charge >= 0.3 is 5.97 Å². The van der Waals surface area contributed by atoms with Crippen LogP contribution >= 0.6 is 15.9 Å². The molecule has 1 aromatic rings. The molecule has 0 unspecified atom stereocenters. The SMILES string of the molecule is CN(CC(=O)O)C1CCN(Cc2cc(Br)c3c(c2)OCO3)CC1. The zero-order chi connectivity index (χ0) is 16.4. The number of likely N-dealkylation sites (tertiary alicyclic amines) is 1. The zero-order valence-corrected chi connectivity index (χ0v) is 14.7. The lowest BCUT2D eigenvalue weighted by atomic mass is 10.0. The molecule has 7 heteroatoms. The summed E-state index contributed by atoms with van der Waals surface area (Å²) in [5.74, 6) is 0.813. The van der Waals surface area contributed by atoms with Crippen LogP contribution in [0.3, 0.4) is 0 Å². The summed E-state index contributed by atoms with van der Waals surface area (Å²) in [5, 5.41) is 8.89. The summed E-state index contributed by atoms with van der Waals surface area (Å²) >= 11 is 3.53. The van der Waals surface area contributed by atoms with Gasteiger partial charge in [0.05, 0.1) is 11.0 Å².